The van der Waals surface area contributed by atoms with E-state index in [-0.39, 0.29) is 29.8 Å². The Morgan fingerprint density at radius 1 is 0.641 bits per heavy atom. The lowest BCUT2D eigenvalue weighted by atomic mass is 9.90. The number of likely N-dealkylation sites (tertiary alicyclic amines) is 2. The average Bonchev–Trinajstić information content (AvgIpc) is 4.20. The van der Waals surface area contributed by atoms with Crippen LogP contribution in [0.5, 0.6) is 0 Å². The standard InChI is InChI=1S/C49H52N8O7/c1-62-48(60)54-42(32-8-4-3-5-9-32)46(58)56-22-7-11-41(56)45-51-29-39(53-45)37-19-18-35-26-34(16-17-36(35)27-37)30-12-14-31(15-13-30)38-28-50-44(52-38)40-10-6-23-57(40)47(59)43(55-49(61)63-2)33-20-24-64-25-21-33/h3-5,8-9,12-19,26-29,33,40-43H,6-7,10-11,20-25H2,1-2H3,(H,50,52)(H,51,53)(H,54,60)(H,55,61)/t40-,41-,42+,43-/m0/s1. The molecule has 15 nitrogen and oxygen atoms in total. The molecule has 0 saturated carbocycles. The van der Waals surface area contributed by atoms with Gasteiger partial charge in [0, 0.05) is 31.9 Å². The van der Waals surface area contributed by atoms with Gasteiger partial charge in [0.1, 0.15) is 23.7 Å². The molecular formula is C49H52N8O7. The highest BCUT2D eigenvalue weighted by molar-refractivity contribution is 5.91. The number of fused-ring (bicyclic) bond motifs is 1. The third-order valence-electron chi connectivity index (χ3n) is 12.9. The van der Waals surface area contributed by atoms with Crippen LogP contribution in [0, 0.1) is 5.92 Å². The number of aromatic nitrogens is 4. The predicted octanol–water partition coefficient (Wildman–Crippen LogP) is 7.86. The van der Waals surface area contributed by atoms with Crippen molar-refractivity contribution in [1.82, 2.24) is 40.4 Å². The van der Waals surface area contributed by atoms with E-state index in [9.17, 15) is 19.2 Å². The van der Waals surface area contributed by atoms with Crippen LogP contribution in [0.1, 0.15) is 73.9 Å². The Labute approximate surface area is 370 Å². The Morgan fingerprint density at radius 3 is 1.80 bits per heavy atom. The van der Waals surface area contributed by atoms with Crippen LogP contribution in [0.2, 0.25) is 0 Å². The van der Waals surface area contributed by atoms with Crippen molar-refractivity contribution >= 4 is 34.8 Å². The number of H-pyrrole nitrogens is 2. The van der Waals surface area contributed by atoms with Crippen LogP contribution in [0.4, 0.5) is 9.59 Å². The van der Waals surface area contributed by atoms with Crippen LogP contribution in [-0.2, 0) is 23.8 Å². The first-order valence-electron chi connectivity index (χ1n) is 22.0. The van der Waals surface area contributed by atoms with Crippen molar-refractivity contribution in [2.75, 3.05) is 40.5 Å². The molecule has 4 atom stereocenters. The monoisotopic (exact) mass is 864 g/mol. The molecule has 64 heavy (non-hydrogen) atoms. The SMILES string of the molecule is COC(=O)N[C@H](C(=O)N1CCC[C@H]1c1ncc(-c2ccc(-c3ccc4cc(-c5cnc([C@@H]6CCCN6C(=O)[C@H](NC(=O)OC)c6ccccc6)[nH]5)ccc4c3)cc2)[nH]1)C1CCOCC1. The van der Waals surface area contributed by atoms with Crippen LogP contribution in [-0.4, -0.2) is 100 Å². The highest BCUT2D eigenvalue weighted by Gasteiger charge is 2.40. The van der Waals surface area contributed by atoms with E-state index in [0.717, 1.165) is 75.9 Å². The summed E-state index contributed by atoms with van der Waals surface area (Å²) in [7, 11) is 2.59. The lowest BCUT2D eigenvalue weighted by molar-refractivity contribution is -0.137. The minimum atomic E-state index is -0.883. The topological polar surface area (TPSA) is 184 Å². The molecule has 3 saturated heterocycles. The van der Waals surface area contributed by atoms with Gasteiger partial charge in [-0.15, -0.1) is 0 Å². The second-order valence-electron chi connectivity index (χ2n) is 16.6. The van der Waals surface area contributed by atoms with Gasteiger partial charge in [0.15, 0.2) is 0 Å². The zero-order chi connectivity index (χ0) is 44.2. The fourth-order valence-corrected chi connectivity index (χ4v) is 9.44. The normalized spacial score (nSPS) is 18.7. The molecule has 5 heterocycles. The van der Waals surface area contributed by atoms with E-state index in [1.54, 1.807) is 4.90 Å². The zero-order valence-electron chi connectivity index (χ0n) is 35.9. The maximum absolute atomic E-state index is 14.0. The first-order valence-corrected chi connectivity index (χ1v) is 22.0. The number of hydrogen-bond acceptors (Lipinski definition) is 9. The van der Waals surface area contributed by atoms with Crippen molar-refractivity contribution in [3.8, 4) is 33.6 Å². The largest absolute Gasteiger partial charge is 0.453 e. The molecule has 330 valence electrons. The van der Waals surface area contributed by atoms with E-state index < -0.39 is 24.3 Å². The smallest absolute Gasteiger partial charge is 0.407 e. The van der Waals surface area contributed by atoms with Crippen molar-refractivity contribution in [3.05, 3.63) is 121 Å². The van der Waals surface area contributed by atoms with E-state index in [2.05, 4.69) is 81.3 Å². The van der Waals surface area contributed by atoms with E-state index in [1.165, 1.54) is 14.2 Å². The van der Waals surface area contributed by atoms with Gasteiger partial charge in [0.2, 0.25) is 5.91 Å². The number of amides is 4. The summed E-state index contributed by atoms with van der Waals surface area (Å²) in [5, 5.41) is 7.71. The molecule has 0 bridgehead atoms. The number of nitrogens with zero attached hydrogens (tertiary/aromatic N) is 4. The maximum Gasteiger partial charge on any atom is 0.407 e. The molecule has 3 aliphatic heterocycles. The number of methoxy groups -OCH3 is 2. The Morgan fingerprint density at radius 2 is 1.17 bits per heavy atom. The number of rotatable bonds is 11. The zero-order valence-corrected chi connectivity index (χ0v) is 35.9. The van der Waals surface area contributed by atoms with Crippen LogP contribution >= 0.6 is 0 Å². The Kier molecular flexibility index (Phi) is 12.4. The fourth-order valence-electron chi connectivity index (χ4n) is 9.44. The molecule has 6 aromatic rings. The first kappa shape index (κ1) is 42.3. The molecule has 0 radical (unpaired) electrons. The van der Waals surface area contributed by atoms with E-state index in [4.69, 9.17) is 24.2 Å². The number of carbonyl (C=O) groups excluding carboxylic acids is 4. The summed E-state index contributed by atoms with van der Waals surface area (Å²) in [5.74, 6) is 1.08. The Bertz CT molecular complexity index is 2620. The number of hydrogen-bond donors (Lipinski definition) is 4. The first-order chi connectivity index (χ1) is 31.3. The van der Waals surface area contributed by atoms with Crippen molar-refractivity contribution in [1.29, 1.82) is 0 Å². The molecule has 4 aromatic carbocycles. The number of ether oxygens (including phenoxy) is 3. The molecule has 3 fully saturated rings. The molecule has 0 aliphatic carbocycles. The third kappa shape index (κ3) is 8.80. The number of benzene rings is 4. The highest BCUT2D eigenvalue weighted by atomic mass is 16.5. The second kappa shape index (κ2) is 18.8. The molecule has 2 aromatic heterocycles. The molecule has 4 N–H and O–H groups in total. The van der Waals surface area contributed by atoms with Gasteiger partial charge in [-0.3, -0.25) is 9.59 Å². The van der Waals surface area contributed by atoms with E-state index in [1.807, 2.05) is 47.6 Å². The molecule has 0 unspecified atom stereocenters. The van der Waals surface area contributed by atoms with Gasteiger partial charge in [0.05, 0.1) is 50.1 Å². The minimum absolute atomic E-state index is 0.0294. The highest BCUT2D eigenvalue weighted by Crippen LogP contribution is 2.37. The van der Waals surface area contributed by atoms with Crippen LogP contribution in [0.25, 0.3) is 44.4 Å². The van der Waals surface area contributed by atoms with Crippen molar-refractivity contribution in [3.63, 3.8) is 0 Å². The maximum atomic E-state index is 14.0. The summed E-state index contributed by atoms with van der Waals surface area (Å²) in [5.41, 5.74) is 6.52. The number of nitrogens with one attached hydrogen (secondary N) is 4. The number of imidazole rings is 2. The number of aromatic amines is 2. The predicted molar refractivity (Wildman–Crippen MR) is 240 cm³/mol. The van der Waals surface area contributed by atoms with Gasteiger partial charge in [-0.2, -0.15) is 0 Å². The molecule has 0 spiro atoms. The molecule has 15 heteroatoms. The molecule has 4 amide bonds. The second-order valence-corrected chi connectivity index (χ2v) is 16.6. The molecule has 9 rings (SSSR count). The van der Waals surface area contributed by atoms with Crippen molar-refractivity contribution < 1.29 is 33.4 Å². The minimum Gasteiger partial charge on any atom is -0.453 e. The van der Waals surface area contributed by atoms with E-state index in [0.29, 0.717) is 50.5 Å². The van der Waals surface area contributed by atoms with Gasteiger partial charge in [-0.1, -0.05) is 78.9 Å². The lowest BCUT2D eigenvalue weighted by Gasteiger charge is -2.34. The van der Waals surface area contributed by atoms with Crippen LogP contribution in [0.15, 0.2) is 103 Å². The summed E-state index contributed by atoms with van der Waals surface area (Å²) in [6.45, 7) is 2.26. The van der Waals surface area contributed by atoms with Gasteiger partial charge in [0.25, 0.3) is 5.91 Å². The summed E-state index contributed by atoms with van der Waals surface area (Å²) >= 11 is 0. The van der Waals surface area contributed by atoms with Crippen LogP contribution in [0.3, 0.4) is 0 Å². The quantitative estimate of drug-likeness (QED) is 0.101. The Balaban J connectivity index is 0.868. The van der Waals surface area contributed by atoms with Crippen molar-refractivity contribution in [2.45, 2.75) is 62.7 Å². The molecule has 3 aliphatic rings. The van der Waals surface area contributed by atoms with Gasteiger partial charge >= 0.3 is 12.2 Å². The summed E-state index contributed by atoms with van der Waals surface area (Å²) in [6, 6.07) is 28.2. The summed E-state index contributed by atoms with van der Waals surface area (Å²) in [4.78, 5) is 72.6. The fraction of sp³-hybridized carbons (Fsp3) is 0.347. The lowest BCUT2D eigenvalue weighted by Crippen LogP contribution is -2.53. The van der Waals surface area contributed by atoms with Crippen molar-refractivity contribution in [2.24, 2.45) is 5.92 Å². The van der Waals surface area contributed by atoms with Gasteiger partial charge < -0.3 is 44.6 Å². The average molecular weight is 865 g/mol. The van der Waals surface area contributed by atoms with Gasteiger partial charge in [-0.25, -0.2) is 19.6 Å². The van der Waals surface area contributed by atoms with Gasteiger partial charge in [-0.05, 0) is 89.6 Å². The summed E-state index contributed by atoms with van der Waals surface area (Å²) in [6.07, 6.45) is 6.92. The third-order valence-corrected chi connectivity index (χ3v) is 12.9. The number of alkyl carbamates (subject to hydrolysis) is 2. The Hall–Kier alpha value is -7.00. The van der Waals surface area contributed by atoms with E-state index >= 15 is 0 Å². The number of carbonyl (C=O) groups is 4. The summed E-state index contributed by atoms with van der Waals surface area (Å²) < 4.78 is 15.2. The van der Waals surface area contributed by atoms with Crippen LogP contribution < -0.4 is 10.6 Å². The molecular weight excluding hydrogens is 813 g/mol.